The summed E-state index contributed by atoms with van der Waals surface area (Å²) in [6.45, 7) is -0.988. The lowest BCUT2D eigenvalue weighted by atomic mass is 10.1. The molecule has 0 fully saturated rings. The van der Waals surface area contributed by atoms with E-state index in [9.17, 15) is 17.6 Å². The lowest BCUT2D eigenvalue weighted by Crippen LogP contribution is -2.27. The molecule has 0 aromatic heterocycles. The molecule has 3 nitrogen and oxygen atoms in total. The summed E-state index contributed by atoms with van der Waals surface area (Å²) in [6.07, 6.45) is -4.73. The van der Waals surface area contributed by atoms with Crippen LogP contribution in [0.15, 0.2) is 18.2 Å². The molecule has 0 aliphatic heterocycles. The Hall–Kier alpha value is -2.28. The van der Waals surface area contributed by atoms with E-state index in [1.165, 1.54) is 12.1 Å². The van der Waals surface area contributed by atoms with Crippen LogP contribution in [-0.4, -0.2) is 12.8 Å². The summed E-state index contributed by atoms with van der Waals surface area (Å²) in [5, 5.41) is 17.0. The van der Waals surface area contributed by atoms with Crippen LogP contribution in [0.25, 0.3) is 0 Å². The minimum atomic E-state index is -4.73. The van der Waals surface area contributed by atoms with E-state index < -0.39 is 30.1 Å². The van der Waals surface area contributed by atoms with E-state index in [1.54, 1.807) is 0 Å². The number of benzene rings is 1. The molecule has 0 N–H and O–H groups in total. The third kappa shape index (κ3) is 3.11. The second kappa shape index (κ2) is 5.37. The van der Waals surface area contributed by atoms with Crippen LogP contribution in [0.5, 0.6) is 5.75 Å². The Bertz CT molecular complexity index is 513. The Labute approximate surface area is 99.8 Å². The first kappa shape index (κ1) is 13.8. The summed E-state index contributed by atoms with van der Waals surface area (Å²) >= 11 is 0. The van der Waals surface area contributed by atoms with Crippen molar-refractivity contribution in [2.24, 2.45) is 5.92 Å². The third-order valence-electron chi connectivity index (χ3n) is 2.04. The molecule has 0 amide bonds. The summed E-state index contributed by atoms with van der Waals surface area (Å²) < 4.78 is 54.5. The zero-order valence-corrected chi connectivity index (χ0v) is 8.83. The highest BCUT2D eigenvalue weighted by Crippen LogP contribution is 2.27. The highest BCUT2D eigenvalue weighted by atomic mass is 19.4. The monoisotopic (exact) mass is 258 g/mol. The average Bonchev–Trinajstić information content (AvgIpc) is 2.28. The van der Waals surface area contributed by atoms with Crippen molar-refractivity contribution in [2.45, 2.75) is 6.18 Å². The first-order valence-corrected chi connectivity index (χ1v) is 4.68. The SMILES string of the molecule is N#Cc1c(F)cccc1OCC(C#N)C(F)(F)F. The van der Waals surface area contributed by atoms with Crippen molar-refractivity contribution >= 4 is 0 Å². The van der Waals surface area contributed by atoms with Crippen LogP contribution in [0, 0.1) is 34.4 Å². The molecule has 0 bridgehead atoms. The van der Waals surface area contributed by atoms with Crippen molar-refractivity contribution in [3.8, 4) is 17.9 Å². The predicted octanol–water partition coefficient (Wildman–Crippen LogP) is 2.78. The van der Waals surface area contributed by atoms with Gasteiger partial charge in [-0.2, -0.15) is 23.7 Å². The Morgan fingerprint density at radius 2 is 1.94 bits per heavy atom. The molecule has 94 valence electrons. The Balaban J connectivity index is 2.85. The third-order valence-corrected chi connectivity index (χ3v) is 2.04. The lowest BCUT2D eigenvalue weighted by Gasteiger charge is -2.14. The molecule has 1 rings (SSSR count). The molecule has 1 aromatic carbocycles. The standard InChI is InChI=1S/C11H6F4N2O/c12-9-2-1-3-10(8(9)5-17)18-6-7(4-16)11(13,14)15/h1-3,7H,6H2. The van der Waals surface area contributed by atoms with Gasteiger partial charge in [-0.05, 0) is 12.1 Å². The van der Waals surface area contributed by atoms with Crippen molar-refractivity contribution in [3.05, 3.63) is 29.6 Å². The minimum Gasteiger partial charge on any atom is -0.490 e. The van der Waals surface area contributed by atoms with Gasteiger partial charge in [0.25, 0.3) is 0 Å². The zero-order chi connectivity index (χ0) is 13.8. The molecule has 0 saturated carbocycles. The van der Waals surface area contributed by atoms with Crippen molar-refractivity contribution in [3.63, 3.8) is 0 Å². The van der Waals surface area contributed by atoms with Crippen LogP contribution < -0.4 is 4.74 Å². The summed E-state index contributed by atoms with van der Waals surface area (Å²) in [5.41, 5.74) is -0.489. The van der Waals surface area contributed by atoms with Gasteiger partial charge >= 0.3 is 6.18 Å². The molecule has 0 radical (unpaired) electrons. The molecule has 7 heteroatoms. The maximum atomic E-state index is 13.1. The maximum Gasteiger partial charge on any atom is 0.407 e. The Kier molecular flexibility index (Phi) is 4.11. The largest absolute Gasteiger partial charge is 0.490 e. The molecule has 0 saturated heterocycles. The quantitative estimate of drug-likeness (QED) is 0.783. The van der Waals surface area contributed by atoms with Gasteiger partial charge in [0.15, 0.2) is 5.92 Å². The number of alkyl halides is 3. The lowest BCUT2D eigenvalue weighted by molar-refractivity contribution is -0.165. The predicted molar refractivity (Wildman–Crippen MR) is 51.8 cm³/mol. The van der Waals surface area contributed by atoms with Gasteiger partial charge < -0.3 is 4.74 Å². The number of nitriles is 2. The van der Waals surface area contributed by atoms with E-state index in [0.29, 0.717) is 0 Å². The molecule has 0 spiro atoms. The highest BCUT2D eigenvalue weighted by Gasteiger charge is 2.40. The first-order valence-electron chi connectivity index (χ1n) is 4.68. The van der Waals surface area contributed by atoms with Crippen LogP contribution in [0.1, 0.15) is 5.56 Å². The normalized spacial score (nSPS) is 12.3. The van der Waals surface area contributed by atoms with Gasteiger partial charge in [-0.15, -0.1) is 0 Å². The number of ether oxygens (including phenoxy) is 1. The number of hydrogen-bond donors (Lipinski definition) is 0. The summed E-state index contributed by atoms with van der Waals surface area (Å²) in [7, 11) is 0. The van der Waals surface area contributed by atoms with Crippen LogP contribution in [0.3, 0.4) is 0 Å². The average molecular weight is 258 g/mol. The summed E-state index contributed by atoms with van der Waals surface area (Å²) in [5.74, 6) is -3.54. The van der Waals surface area contributed by atoms with E-state index in [2.05, 4.69) is 4.74 Å². The van der Waals surface area contributed by atoms with Crippen molar-refractivity contribution < 1.29 is 22.3 Å². The van der Waals surface area contributed by atoms with Crippen LogP contribution >= 0.6 is 0 Å². The fraction of sp³-hybridized carbons (Fsp3) is 0.273. The smallest absolute Gasteiger partial charge is 0.407 e. The van der Waals surface area contributed by atoms with Gasteiger partial charge in [0, 0.05) is 0 Å². The van der Waals surface area contributed by atoms with Gasteiger partial charge in [-0.25, -0.2) is 4.39 Å². The molecule has 18 heavy (non-hydrogen) atoms. The van der Waals surface area contributed by atoms with E-state index in [1.807, 2.05) is 0 Å². The van der Waals surface area contributed by atoms with Crippen LogP contribution in [-0.2, 0) is 0 Å². The van der Waals surface area contributed by atoms with E-state index in [-0.39, 0.29) is 5.75 Å². The van der Waals surface area contributed by atoms with Crippen molar-refractivity contribution in [2.75, 3.05) is 6.61 Å². The highest BCUT2D eigenvalue weighted by molar-refractivity contribution is 5.43. The maximum absolute atomic E-state index is 13.1. The van der Waals surface area contributed by atoms with E-state index in [0.717, 1.165) is 18.2 Å². The number of halogens is 4. The molecule has 1 aromatic rings. The Morgan fingerprint density at radius 3 is 2.44 bits per heavy atom. The first-order chi connectivity index (χ1) is 8.40. The van der Waals surface area contributed by atoms with Gasteiger partial charge in [-0.3, -0.25) is 0 Å². The zero-order valence-electron chi connectivity index (χ0n) is 8.83. The van der Waals surface area contributed by atoms with Gasteiger partial charge in [-0.1, -0.05) is 6.07 Å². The molecular weight excluding hydrogens is 252 g/mol. The molecule has 1 atom stereocenters. The molecular formula is C11H6F4N2O. The minimum absolute atomic E-state index is 0.318. The van der Waals surface area contributed by atoms with Gasteiger partial charge in [0.2, 0.25) is 0 Å². The second-order valence-corrected chi connectivity index (χ2v) is 3.26. The van der Waals surface area contributed by atoms with Crippen molar-refractivity contribution in [1.82, 2.24) is 0 Å². The Morgan fingerprint density at radius 1 is 1.28 bits per heavy atom. The van der Waals surface area contributed by atoms with Crippen LogP contribution in [0.2, 0.25) is 0 Å². The second-order valence-electron chi connectivity index (χ2n) is 3.26. The van der Waals surface area contributed by atoms with Crippen LogP contribution in [0.4, 0.5) is 17.6 Å². The van der Waals surface area contributed by atoms with Gasteiger partial charge in [0.1, 0.15) is 29.8 Å². The van der Waals surface area contributed by atoms with Crippen molar-refractivity contribution in [1.29, 1.82) is 10.5 Å². The van der Waals surface area contributed by atoms with E-state index >= 15 is 0 Å². The molecule has 0 aliphatic rings. The fourth-order valence-electron chi connectivity index (χ4n) is 1.11. The number of nitrogens with zero attached hydrogens (tertiary/aromatic N) is 2. The topological polar surface area (TPSA) is 56.8 Å². The van der Waals surface area contributed by atoms with E-state index in [4.69, 9.17) is 10.5 Å². The molecule has 0 heterocycles. The summed E-state index contributed by atoms with van der Waals surface area (Å²) in [6, 6.07) is 5.86. The fourth-order valence-corrected chi connectivity index (χ4v) is 1.11. The number of hydrogen-bond acceptors (Lipinski definition) is 3. The number of rotatable bonds is 3. The molecule has 1 unspecified atom stereocenters. The van der Waals surface area contributed by atoms with Gasteiger partial charge in [0.05, 0.1) is 6.07 Å². The molecule has 0 aliphatic carbocycles. The summed E-state index contributed by atoms with van der Waals surface area (Å²) in [4.78, 5) is 0.